The highest BCUT2D eigenvalue weighted by Gasteiger charge is 2.52. The molecule has 1 fully saturated rings. The molecule has 64 heavy (non-hydrogen) atoms. The van der Waals surface area contributed by atoms with Crippen molar-refractivity contribution in [2.45, 2.75) is 118 Å². The number of aryl methyl sites for hydroxylation is 2. The molecule has 7 rings (SSSR count). The van der Waals surface area contributed by atoms with Crippen molar-refractivity contribution in [1.29, 1.82) is 0 Å². The van der Waals surface area contributed by atoms with Crippen LogP contribution in [0.5, 0.6) is 11.5 Å². The Labute approximate surface area is 419 Å². The van der Waals surface area contributed by atoms with E-state index in [9.17, 15) is 20.2 Å². The summed E-state index contributed by atoms with van der Waals surface area (Å²) in [6, 6.07) is 22.3. The topological polar surface area (TPSA) is 130 Å². The minimum absolute atomic E-state index is 0.0379. The van der Waals surface area contributed by atoms with E-state index in [1.54, 1.807) is 37.3 Å². The first-order valence-electron chi connectivity index (χ1n) is 30.8. The van der Waals surface area contributed by atoms with Crippen LogP contribution >= 0.6 is 15.9 Å². The van der Waals surface area contributed by atoms with Crippen LogP contribution in [0.4, 0.5) is 11.4 Å². The molecule has 342 valence electrons. The van der Waals surface area contributed by atoms with E-state index < -0.39 is 117 Å². The Kier molecular flexibility index (Phi) is 9.64. The predicted octanol–water partition coefficient (Wildman–Crippen LogP) is 11.9. The predicted molar refractivity (Wildman–Crippen MR) is 260 cm³/mol. The van der Waals surface area contributed by atoms with Crippen LogP contribution < -0.4 is 9.47 Å². The molecule has 0 amide bonds. The summed E-state index contributed by atoms with van der Waals surface area (Å²) in [4.78, 5) is 23.3. The Balaban J connectivity index is 0.000000247. The summed E-state index contributed by atoms with van der Waals surface area (Å²) in [5.41, 5.74) is 0.467. The van der Waals surface area contributed by atoms with E-state index in [4.69, 9.17) is 48.9 Å². The lowest BCUT2D eigenvalue weighted by molar-refractivity contribution is -0.386. The third-order valence-corrected chi connectivity index (χ3v) is 11.2. The van der Waals surface area contributed by atoms with Crippen molar-refractivity contribution < 1.29 is 58.8 Å². The molecular weight excluding hydrogens is 875 g/mol. The largest absolute Gasteiger partial charge is 0.490 e. The smallest absolute Gasteiger partial charge is 0.484 e. The van der Waals surface area contributed by atoms with E-state index in [1.165, 1.54) is 17.9 Å². The molecule has 0 aliphatic carbocycles. The van der Waals surface area contributed by atoms with Crippen LogP contribution in [0.25, 0.3) is 5.57 Å². The van der Waals surface area contributed by atoms with Gasteiger partial charge in [0.05, 0.1) is 36.0 Å². The summed E-state index contributed by atoms with van der Waals surface area (Å²) in [6.07, 6.45) is -4.57. The molecule has 3 aliphatic rings. The van der Waals surface area contributed by atoms with Gasteiger partial charge in [0.25, 0.3) is 0 Å². The molecule has 0 N–H and O–H groups in total. The second kappa shape index (κ2) is 22.4. The van der Waals surface area contributed by atoms with Crippen molar-refractivity contribution in [3.8, 4) is 11.5 Å². The van der Waals surface area contributed by atoms with Crippen molar-refractivity contribution in [2.24, 2.45) is 0 Å². The number of rotatable bonds is 12. The summed E-state index contributed by atoms with van der Waals surface area (Å²) < 4.78 is 195. The Hall–Kier alpha value is -4.86. The zero-order valence-electron chi connectivity index (χ0n) is 58.1. The van der Waals surface area contributed by atoms with E-state index in [0.717, 1.165) is 40.8 Å². The van der Waals surface area contributed by atoms with Gasteiger partial charge in [0.15, 0.2) is 11.5 Å². The monoisotopic (exact) mass is 961 g/mol. The molecule has 0 radical (unpaired) electrons. The summed E-state index contributed by atoms with van der Waals surface area (Å²) in [7, 11) is -0.732. The van der Waals surface area contributed by atoms with Crippen LogP contribution in [0, 0.1) is 34.1 Å². The van der Waals surface area contributed by atoms with E-state index in [2.05, 4.69) is 15.9 Å². The average molecular weight is 962 g/mol. The highest BCUT2D eigenvalue weighted by molar-refractivity contribution is 9.10. The first-order valence-corrected chi connectivity index (χ1v) is 20.6. The van der Waals surface area contributed by atoms with Gasteiger partial charge in [0.2, 0.25) is 0 Å². The number of hydrogen-bond donors (Lipinski definition) is 0. The molecule has 14 heteroatoms. The number of halogens is 1. The third-order valence-electron chi connectivity index (χ3n) is 10.4. The Morgan fingerprint density at radius 3 is 1.69 bits per heavy atom. The van der Waals surface area contributed by atoms with Gasteiger partial charge in [-0.1, -0.05) is 88.7 Å². The summed E-state index contributed by atoms with van der Waals surface area (Å²) in [6.45, 7) is -11.2. The fraction of sp³-hybridized carbons (Fsp3) is 0.440. The fourth-order valence-electron chi connectivity index (χ4n) is 6.27. The molecule has 12 nitrogen and oxygen atoms in total. The van der Waals surface area contributed by atoms with Gasteiger partial charge in [-0.3, -0.25) is 30.0 Å². The van der Waals surface area contributed by atoms with Gasteiger partial charge in [0.1, 0.15) is 0 Å². The van der Waals surface area contributed by atoms with Gasteiger partial charge in [-0.15, -0.1) is 0 Å². The molecular formula is C50H64BBrN4O8. The third kappa shape index (κ3) is 13.8. The summed E-state index contributed by atoms with van der Waals surface area (Å²) in [5, 5.41) is 22.7. The van der Waals surface area contributed by atoms with Crippen LogP contribution in [0.2, 0.25) is 0 Å². The van der Waals surface area contributed by atoms with E-state index in [-0.39, 0.29) is 42.6 Å². The Morgan fingerprint density at radius 1 is 0.750 bits per heavy atom. The number of ether oxygens (including phenoxy) is 2. The second-order valence-corrected chi connectivity index (χ2v) is 16.5. The lowest BCUT2D eigenvalue weighted by atomic mass is 9.74. The van der Waals surface area contributed by atoms with Crippen LogP contribution in [0.15, 0.2) is 107 Å². The van der Waals surface area contributed by atoms with Crippen molar-refractivity contribution in [1.82, 2.24) is 9.80 Å². The van der Waals surface area contributed by atoms with Gasteiger partial charge in [0, 0.05) is 89.2 Å². The number of hydrogen-bond acceptors (Lipinski definition) is 10. The highest BCUT2D eigenvalue weighted by Crippen LogP contribution is 2.40. The quantitative estimate of drug-likeness (QED) is 0.0768. The van der Waals surface area contributed by atoms with Gasteiger partial charge < -0.3 is 18.8 Å². The van der Waals surface area contributed by atoms with Crippen molar-refractivity contribution in [3.63, 3.8) is 0 Å². The standard InChI is InChI=1S/C22H26N2O3.C18H26BNO2.C10H12BrNO3/c1-16(2)27-22-14-20(17(3)13-21(22)24(25)26)19-9-11-23(12-10-19)15-18-7-5-4-6-8-18;1-17(2)18(3,4)22-19(21-17)16-10-12-20(13-11-16)14-15-8-6-5-7-9-15;1-6(2)15-10-5-8(11)7(3)4-9(10)12(13)14/h4-9,13-14,16H,10-12,15H2,1-3H3;5-10H,11-14H2,1-4H3;4-6H,1-3H3/i1D3,2D3,11D2,12D2,16D;12D2,13D2;1D3,2D3,6D. The molecule has 0 atom stereocenters. The van der Waals surface area contributed by atoms with Crippen LogP contribution in [0.1, 0.15) is 126 Å². The molecule has 4 aromatic carbocycles. The maximum absolute atomic E-state index is 11.7. The molecule has 0 saturated carbocycles. The van der Waals surface area contributed by atoms with Crippen LogP contribution in [-0.2, 0) is 22.4 Å². The number of benzene rings is 4. The van der Waals surface area contributed by atoms with E-state index >= 15 is 0 Å². The molecule has 0 unspecified atom stereocenters. The van der Waals surface area contributed by atoms with Gasteiger partial charge in [-0.2, -0.15) is 0 Å². The minimum atomic E-state index is -3.55. The molecule has 4 aromatic rings. The SMILES string of the molecule is [2H]C([2H])([2H])C([2H])(Oc1cc(Br)c(C)cc1[N+](=O)[O-])C([2H])([2H])[2H].[2H]C1([2H])C=C(B2OC(C)(C)C(C)(C)O2)CC([2H])([2H])N1Cc1ccccc1.[2H]C1([2H])C=C(c2cc(OC([2H])(C([2H])([2H])[2H])C([2H])([2H])[2H])c([N+](=O)[O-])cc2C)CC([2H])([2H])N1Cc1ccccc1. The van der Waals surface area contributed by atoms with Crippen LogP contribution in [0.3, 0.4) is 0 Å². The molecule has 3 heterocycles. The van der Waals surface area contributed by atoms with Crippen molar-refractivity contribution in [3.05, 3.63) is 155 Å². The fourth-order valence-corrected chi connectivity index (χ4v) is 6.59. The lowest BCUT2D eigenvalue weighted by Gasteiger charge is -2.32. The van der Waals surface area contributed by atoms with E-state index in [0.29, 0.717) is 21.1 Å². The average Bonchev–Trinajstić information content (AvgIpc) is 1.12. The lowest BCUT2D eigenvalue weighted by Crippen LogP contribution is -2.41. The maximum atomic E-state index is 11.7. The summed E-state index contributed by atoms with van der Waals surface area (Å²) in [5.74, 6) is -1.42. The molecule has 0 aromatic heterocycles. The highest BCUT2D eigenvalue weighted by atomic mass is 79.9. The second-order valence-electron chi connectivity index (χ2n) is 15.6. The first-order chi connectivity index (χ1) is 38.7. The van der Waals surface area contributed by atoms with Crippen LogP contribution in [-0.4, -0.2) is 76.1 Å². The first kappa shape index (κ1) is 27.6. The Morgan fingerprint density at radius 2 is 1.22 bits per heavy atom. The number of nitrogens with zero attached hydrogens (tertiary/aromatic N) is 4. The molecule has 0 spiro atoms. The number of nitro benzene ring substituents is 2. The van der Waals surface area contributed by atoms with Gasteiger partial charge in [-0.25, -0.2) is 0 Å². The van der Waals surface area contributed by atoms with Crippen molar-refractivity contribution in [2.75, 3.05) is 26.0 Å². The van der Waals surface area contributed by atoms with Gasteiger partial charge >= 0.3 is 18.5 Å². The molecule has 0 bridgehead atoms. The minimum Gasteiger partial charge on any atom is -0.484 e. The molecule has 1 saturated heterocycles. The van der Waals surface area contributed by atoms with Gasteiger partial charge in [-0.05, 0) is 127 Å². The van der Waals surface area contributed by atoms with E-state index in [1.807, 2.05) is 58.0 Å². The normalized spacial score (nSPS) is 26.5. The number of nitro groups is 2. The summed E-state index contributed by atoms with van der Waals surface area (Å²) >= 11 is 3.09. The zero-order chi connectivity index (χ0) is 65.8. The maximum Gasteiger partial charge on any atom is 0.490 e. The van der Waals surface area contributed by atoms with Crippen molar-refractivity contribution >= 4 is 40.0 Å². The zero-order valence-corrected chi connectivity index (χ0v) is 37.7. The Bertz CT molecular complexity index is 3150. The molecule has 3 aliphatic heterocycles.